The summed E-state index contributed by atoms with van der Waals surface area (Å²) in [6.45, 7) is 9.25. The molecule has 0 amide bonds. The second kappa shape index (κ2) is 3.20. The van der Waals surface area contributed by atoms with Gasteiger partial charge in [0.25, 0.3) is 0 Å². The van der Waals surface area contributed by atoms with E-state index >= 15 is 0 Å². The molecule has 0 spiro atoms. The van der Waals surface area contributed by atoms with Gasteiger partial charge in [0.1, 0.15) is 11.2 Å². The lowest BCUT2D eigenvalue weighted by Gasteiger charge is -2.41. The van der Waals surface area contributed by atoms with Crippen LogP contribution < -0.4 is 5.06 Å². The number of nitrogens with one attached hydrogen (secondary N) is 1. The van der Waals surface area contributed by atoms with Crippen molar-refractivity contribution in [2.24, 2.45) is 0 Å². The fourth-order valence-electron chi connectivity index (χ4n) is 2.20. The number of quaternary nitrogens is 1. The predicted octanol–water partition coefficient (Wildman–Crippen LogP) is -0.808. The molecule has 0 radical (unpaired) electrons. The van der Waals surface area contributed by atoms with Gasteiger partial charge in [-0.2, -0.15) is 0 Å². The van der Waals surface area contributed by atoms with E-state index in [0.29, 0.717) is 6.54 Å². The summed E-state index contributed by atoms with van der Waals surface area (Å²) in [4.78, 5) is 2.05. The van der Waals surface area contributed by atoms with Crippen LogP contribution in [-0.2, 0) is 0 Å². The fraction of sp³-hybridized carbons (Fsp3) is 1.00. The molecule has 0 aromatic rings. The molecule has 4 heteroatoms. The summed E-state index contributed by atoms with van der Waals surface area (Å²) in [5, 5.41) is 21.0. The van der Waals surface area contributed by atoms with Gasteiger partial charge in [-0.1, -0.05) is 0 Å². The van der Waals surface area contributed by atoms with E-state index in [1.54, 1.807) is 0 Å². The highest BCUT2D eigenvalue weighted by Gasteiger charge is 2.49. The zero-order valence-corrected chi connectivity index (χ0v) is 8.92. The molecule has 78 valence electrons. The average molecular weight is 188 g/mol. The minimum atomic E-state index is -0.410. The van der Waals surface area contributed by atoms with Crippen LogP contribution in [0.3, 0.4) is 0 Å². The van der Waals surface area contributed by atoms with E-state index in [1.807, 2.05) is 27.7 Å². The highest BCUT2D eigenvalue weighted by atomic mass is 16.5. The normalized spacial score (nSPS) is 32.3. The van der Waals surface area contributed by atoms with Crippen LogP contribution in [0, 0.1) is 5.21 Å². The van der Waals surface area contributed by atoms with Gasteiger partial charge in [0.15, 0.2) is 0 Å². The smallest absolute Gasteiger partial charge is 0.148 e. The Bertz CT molecular complexity index is 192. The maximum absolute atomic E-state index is 11.9. The molecule has 13 heavy (non-hydrogen) atoms. The topological polar surface area (TPSA) is 51.0 Å². The summed E-state index contributed by atoms with van der Waals surface area (Å²) in [7, 11) is 0. The highest BCUT2D eigenvalue weighted by Crippen LogP contribution is 2.19. The number of hydrogen-bond donors (Lipinski definition) is 2. The van der Waals surface area contributed by atoms with Gasteiger partial charge in [-0.25, -0.2) is 4.90 Å². The largest absolute Gasteiger partial charge is 0.633 e. The molecule has 0 aromatic carbocycles. The van der Waals surface area contributed by atoms with Crippen molar-refractivity contribution in [2.75, 3.05) is 19.7 Å². The number of hydroxylamine groups is 2. The second-order valence-corrected chi connectivity index (χ2v) is 4.92. The molecular formula is C9H20N2O2. The highest BCUT2D eigenvalue weighted by molar-refractivity contribution is 4.87. The zero-order valence-electron chi connectivity index (χ0n) is 8.92. The van der Waals surface area contributed by atoms with Crippen molar-refractivity contribution in [1.82, 2.24) is 4.90 Å². The number of rotatable bonds is 2. The predicted molar refractivity (Wildman–Crippen MR) is 51.1 cm³/mol. The van der Waals surface area contributed by atoms with E-state index in [0.717, 1.165) is 6.54 Å². The van der Waals surface area contributed by atoms with Crippen molar-refractivity contribution in [1.29, 1.82) is 0 Å². The molecule has 2 N–H and O–H groups in total. The van der Waals surface area contributed by atoms with Gasteiger partial charge in [0.2, 0.25) is 0 Å². The first-order valence-electron chi connectivity index (χ1n) is 4.73. The van der Waals surface area contributed by atoms with Crippen LogP contribution in [0.4, 0.5) is 0 Å². The van der Waals surface area contributed by atoms with Gasteiger partial charge in [-0.05, 0) is 13.8 Å². The van der Waals surface area contributed by atoms with Crippen LogP contribution in [-0.4, -0.2) is 40.9 Å². The monoisotopic (exact) mass is 188 g/mol. The van der Waals surface area contributed by atoms with Gasteiger partial charge < -0.3 is 15.4 Å². The molecule has 1 saturated heterocycles. The van der Waals surface area contributed by atoms with Crippen molar-refractivity contribution in [3.05, 3.63) is 5.21 Å². The van der Waals surface area contributed by atoms with Gasteiger partial charge >= 0.3 is 0 Å². The average Bonchev–Trinajstić information content (AvgIpc) is 2.14. The van der Waals surface area contributed by atoms with Crippen LogP contribution >= 0.6 is 0 Å². The molecule has 1 unspecified atom stereocenters. The Morgan fingerprint density at radius 3 is 2.23 bits per heavy atom. The standard InChI is InChI=1S/C9H20N2O2/c1-8(2)7-10(5-6-12)9(3,4)11(8)13/h11-12H,5-7H2,1-4H3. The summed E-state index contributed by atoms with van der Waals surface area (Å²) in [6.07, 6.45) is 0. The number of nitrogens with zero attached hydrogens (tertiary/aromatic N) is 1. The Labute approximate surface area is 79.7 Å². The van der Waals surface area contributed by atoms with Gasteiger partial charge in [-0.15, -0.1) is 0 Å². The van der Waals surface area contributed by atoms with E-state index in [1.165, 1.54) is 0 Å². The minimum absolute atomic E-state index is 0.118. The Hall–Kier alpha value is -0.160. The lowest BCUT2D eigenvalue weighted by atomic mass is 10.1. The molecule has 1 fully saturated rings. The SMILES string of the molecule is CC1(C)CN(CCO)C(C)(C)[NH+]1[O-]. The molecule has 1 rings (SSSR count). The Balaban J connectivity index is 2.80. The van der Waals surface area contributed by atoms with E-state index in [4.69, 9.17) is 5.11 Å². The Morgan fingerprint density at radius 1 is 1.38 bits per heavy atom. The maximum Gasteiger partial charge on any atom is 0.148 e. The van der Waals surface area contributed by atoms with Crippen LogP contribution in [0.15, 0.2) is 0 Å². The third-order valence-electron chi connectivity index (χ3n) is 2.92. The summed E-state index contributed by atoms with van der Waals surface area (Å²) in [6, 6.07) is 0. The van der Waals surface area contributed by atoms with Crippen LogP contribution in [0.5, 0.6) is 0 Å². The van der Waals surface area contributed by atoms with Crippen molar-refractivity contribution in [2.45, 2.75) is 38.9 Å². The number of aliphatic hydroxyl groups is 1. The maximum atomic E-state index is 11.9. The Kier molecular flexibility index (Phi) is 2.69. The number of β-amino-alcohol motifs (C(OH)–C–C–N with tert-alkyl or cyclic N) is 1. The summed E-state index contributed by atoms with van der Waals surface area (Å²) in [5.74, 6) is 0. The first kappa shape index (κ1) is 10.9. The summed E-state index contributed by atoms with van der Waals surface area (Å²) >= 11 is 0. The fourth-order valence-corrected chi connectivity index (χ4v) is 2.20. The molecule has 1 heterocycles. The van der Waals surface area contributed by atoms with E-state index < -0.39 is 5.66 Å². The first-order chi connectivity index (χ1) is 5.82. The number of hydrogen-bond acceptors (Lipinski definition) is 3. The third kappa shape index (κ3) is 1.72. The third-order valence-corrected chi connectivity index (χ3v) is 2.92. The van der Waals surface area contributed by atoms with Crippen LogP contribution in [0.25, 0.3) is 0 Å². The lowest BCUT2D eigenvalue weighted by molar-refractivity contribution is -0.938. The molecule has 0 aliphatic carbocycles. The molecule has 4 nitrogen and oxygen atoms in total. The zero-order chi connectivity index (χ0) is 10.3. The van der Waals surface area contributed by atoms with Crippen LogP contribution in [0.1, 0.15) is 27.7 Å². The van der Waals surface area contributed by atoms with Crippen molar-refractivity contribution in [3.8, 4) is 0 Å². The van der Waals surface area contributed by atoms with Gasteiger partial charge in [0.05, 0.1) is 13.2 Å². The van der Waals surface area contributed by atoms with Crippen molar-refractivity contribution >= 4 is 0 Å². The quantitative estimate of drug-likeness (QED) is 0.557. The molecule has 1 aliphatic rings. The van der Waals surface area contributed by atoms with Gasteiger partial charge in [-0.3, -0.25) is 0 Å². The van der Waals surface area contributed by atoms with Gasteiger partial charge in [0, 0.05) is 20.4 Å². The van der Waals surface area contributed by atoms with Crippen LogP contribution in [0.2, 0.25) is 0 Å². The molecule has 0 bridgehead atoms. The minimum Gasteiger partial charge on any atom is -0.633 e. The molecular weight excluding hydrogens is 168 g/mol. The molecule has 1 atom stereocenters. The first-order valence-corrected chi connectivity index (χ1v) is 4.73. The van der Waals surface area contributed by atoms with E-state index in [-0.39, 0.29) is 17.2 Å². The Morgan fingerprint density at radius 2 is 1.92 bits per heavy atom. The second-order valence-electron chi connectivity index (χ2n) is 4.92. The summed E-state index contributed by atoms with van der Waals surface area (Å²) in [5.41, 5.74) is -0.676. The molecule has 1 aliphatic heterocycles. The molecule has 0 saturated carbocycles. The summed E-state index contributed by atoms with van der Waals surface area (Å²) < 4.78 is 0. The number of aliphatic hydroxyl groups excluding tert-OH is 1. The van der Waals surface area contributed by atoms with Crippen molar-refractivity contribution < 1.29 is 10.2 Å². The van der Waals surface area contributed by atoms with Crippen molar-refractivity contribution in [3.63, 3.8) is 0 Å². The lowest BCUT2D eigenvalue weighted by Crippen LogP contribution is -3.20. The van der Waals surface area contributed by atoms with E-state index in [2.05, 4.69) is 4.90 Å². The van der Waals surface area contributed by atoms with E-state index in [9.17, 15) is 5.21 Å². The molecule has 0 aromatic heterocycles.